The van der Waals surface area contributed by atoms with E-state index in [2.05, 4.69) is 5.16 Å². The van der Waals surface area contributed by atoms with E-state index in [0.29, 0.717) is 0 Å². The zero-order chi connectivity index (χ0) is 9.52. The van der Waals surface area contributed by atoms with Crippen molar-refractivity contribution in [1.29, 1.82) is 0 Å². The first kappa shape index (κ1) is 9.19. The van der Waals surface area contributed by atoms with Gasteiger partial charge in [-0.25, -0.2) is 0 Å². The summed E-state index contributed by atoms with van der Waals surface area (Å²) >= 11 is 0. The molecule has 1 aromatic rings. The van der Waals surface area contributed by atoms with Crippen LogP contribution >= 0.6 is 0 Å². The zero-order valence-corrected chi connectivity index (χ0v) is 6.92. The number of rotatable bonds is 3. The van der Waals surface area contributed by atoms with Gasteiger partial charge in [-0.2, -0.15) is 0 Å². The fourth-order valence-electron chi connectivity index (χ4n) is 0.842. The van der Waals surface area contributed by atoms with Crippen LogP contribution in [-0.4, -0.2) is 17.2 Å². The Labute approximate surface area is 76.0 Å². The van der Waals surface area contributed by atoms with Crippen LogP contribution in [0.5, 0.6) is 0 Å². The second-order valence-electron chi connectivity index (χ2n) is 2.39. The van der Waals surface area contributed by atoms with Gasteiger partial charge in [-0.1, -0.05) is 41.6 Å². The molecule has 1 aromatic carbocycles. The molecule has 0 bridgehead atoms. The fourth-order valence-corrected chi connectivity index (χ4v) is 0.842. The Kier molecular flexibility index (Phi) is 3.45. The van der Waals surface area contributed by atoms with Crippen LogP contribution < -0.4 is 0 Å². The van der Waals surface area contributed by atoms with Crippen LogP contribution in [0.3, 0.4) is 0 Å². The Balaban J connectivity index is 2.64. The van der Waals surface area contributed by atoms with Crippen LogP contribution in [0.25, 0.3) is 6.08 Å². The highest BCUT2D eigenvalue weighted by Gasteiger charge is 1.89. The second kappa shape index (κ2) is 4.87. The van der Waals surface area contributed by atoms with Gasteiger partial charge in [-0.15, -0.1) is 0 Å². The highest BCUT2D eigenvalue weighted by molar-refractivity contribution is 6.33. The lowest BCUT2D eigenvalue weighted by atomic mass is 10.2. The van der Waals surface area contributed by atoms with Crippen molar-refractivity contribution in [2.75, 3.05) is 0 Å². The van der Waals surface area contributed by atoms with Gasteiger partial charge in [0.05, 0.1) is 0 Å². The first-order chi connectivity index (χ1) is 6.33. The largest absolute Gasteiger partial charge is 0.411 e. The average Bonchev–Trinajstić information content (AvgIpc) is 2.17. The van der Waals surface area contributed by atoms with Crippen molar-refractivity contribution in [3.63, 3.8) is 0 Å². The molecular weight excluding hydrogens is 166 g/mol. The molecule has 0 unspecified atom stereocenters. The summed E-state index contributed by atoms with van der Waals surface area (Å²) in [6.45, 7) is 0. The number of benzene rings is 1. The van der Waals surface area contributed by atoms with Crippen LogP contribution in [0.15, 0.2) is 41.6 Å². The Morgan fingerprint density at radius 3 is 2.62 bits per heavy atom. The summed E-state index contributed by atoms with van der Waals surface area (Å²) in [4.78, 5) is 10.8. The Morgan fingerprint density at radius 2 is 2.00 bits per heavy atom. The highest BCUT2D eigenvalue weighted by atomic mass is 16.4. The average molecular weight is 175 g/mol. The number of ketones is 1. The van der Waals surface area contributed by atoms with Crippen molar-refractivity contribution in [2.24, 2.45) is 5.16 Å². The first-order valence-electron chi connectivity index (χ1n) is 3.77. The molecule has 0 fully saturated rings. The number of carbonyl (C=O) groups excluding carboxylic acids is 1. The van der Waals surface area contributed by atoms with Gasteiger partial charge in [0, 0.05) is 0 Å². The van der Waals surface area contributed by atoms with E-state index in [0.717, 1.165) is 11.8 Å². The third-order valence-corrected chi connectivity index (χ3v) is 1.42. The zero-order valence-electron chi connectivity index (χ0n) is 6.92. The standard InChI is InChI=1S/C10H9NO2/c12-10(8-11-13)7-6-9-4-2-1-3-5-9/h1-8,13H/b7-6-,11-8+. The lowest BCUT2D eigenvalue weighted by Crippen LogP contribution is -1.92. The predicted octanol–water partition coefficient (Wildman–Crippen LogP) is 1.73. The van der Waals surface area contributed by atoms with Gasteiger partial charge in [0.15, 0.2) is 5.78 Å². The summed E-state index contributed by atoms with van der Waals surface area (Å²) in [6.07, 6.45) is 3.85. The van der Waals surface area contributed by atoms with Crippen molar-refractivity contribution in [3.8, 4) is 0 Å². The Bertz CT molecular complexity index is 328. The van der Waals surface area contributed by atoms with Gasteiger partial charge in [-0.05, 0) is 11.6 Å². The molecule has 0 heterocycles. The van der Waals surface area contributed by atoms with E-state index < -0.39 is 0 Å². The molecule has 0 radical (unpaired) electrons. The predicted molar refractivity (Wildman–Crippen MR) is 50.8 cm³/mol. The molecule has 1 N–H and O–H groups in total. The summed E-state index contributed by atoms with van der Waals surface area (Å²) in [6, 6.07) is 9.41. The molecule has 0 aliphatic rings. The fraction of sp³-hybridized carbons (Fsp3) is 0. The maximum absolute atomic E-state index is 10.8. The normalized spacial score (nSPS) is 11.1. The topological polar surface area (TPSA) is 49.7 Å². The van der Waals surface area contributed by atoms with Gasteiger partial charge in [0.1, 0.15) is 6.21 Å². The molecule has 66 valence electrons. The van der Waals surface area contributed by atoms with Crippen LogP contribution in [0.2, 0.25) is 0 Å². The van der Waals surface area contributed by atoms with E-state index in [4.69, 9.17) is 5.21 Å². The minimum Gasteiger partial charge on any atom is -0.411 e. The lowest BCUT2D eigenvalue weighted by molar-refractivity contribution is -0.108. The van der Waals surface area contributed by atoms with Crippen LogP contribution in [0.1, 0.15) is 5.56 Å². The van der Waals surface area contributed by atoms with E-state index in [9.17, 15) is 4.79 Å². The van der Waals surface area contributed by atoms with Gasteiger partial charge in [0.25, 0.3) is 0 Å². The van der Waals surface area contributed by atoms with Crippen LogP contribution in [0.4, 0.5) is 0 Å². The van der Waals surface area contributed by atoms with Crippen LogP contribution in [-0.2, 0) is 4.79 Å². The molecule has 3 nitrogen and oxygen atoms in total. The maximum atomic E-state index is 10.8. The number of hydrogen-bond acceptors (Lipinski definition) is 3. The minimum atomic E-state index is -0.341. The van der Waals surface area contributed by atoms with Crippen molar-refractivity contribution >= 4 is 18.1 Å². The molecular formula is C10H9NO2. The molecule has 0 aliphatic carbocycles. The van der Waals surface area contributed by atoms with E-state index in [1.807, 2.05) is 30.3 Å². The third-order valence-electron chi connectivity index (χ3n) is 1.42. The number of allylic oxidation sites excluding steroid dienone is 1. The van der Waals surface area contributed by atoms with E-state index in [1.165, 1.54) is 6.08 Å². The molecule has 0 amide bonds. The smallest absolute Gasteiger partial charge is 0.200 e. The van der Waals surface area contributed by atoms with E-state index in [1.54, 1.807) is 6.08 Å². The Morgan fingerprint density at radius 1 is 1.31 bits per heavy atom. The summed E-state index contributed by atoms with van der Waals surface area (Å²) in [7, 11) is 0. The molecule has 0 saturated heterocycles. The highest BCUT2D eigenvalue weighted by Crippen LogP contribution is 2.00. The molecule has 0 atom stereocenters. The molecule has 1 rings (SSSR count). The summed E-state index contributed by atoms with van der Waals surface area (Å²) in [5, 5.41) is 10.7. The number of oxime groups is 1. The SMILES string of the molecule is O=C(/C=C\c1ccccc1)/C=N/O. The van der Waals surface area contributed by atoms with Gasteiger partial charge in [-0.3, -0.25) is 4.79 Å². The van der Waals surface area contributed by atoms with Crippen molar-refractivity contribution < 1.29 is 10.0 Å². The summed E-state index contributed by atoms with van der Waals surface area (Å²) in [5.74, 6) is -0.341. The number of carbonyl (C=O) groups is 1. The minimum absolute atomic E-state index is 0.341. The quantitative estimate of drug-likeness (QED) is 0.329. The molecule has 0 saturated carbocycles. The summed E-state index contributed by atoms with van der Waals surface area (Å²) in [5.41, 5.74) is 0.933. The van der Waals surface area contributed by atoms with Crippen molar-refractivity contribution in [1.82, 2.24) is 0 Å². The number of hydrogen-bond donors (Lipinski definition) is 1. The monoisotopic (exact) mass is 175 g/mol. The molecule has 13 heavy (non-hydrogen) atoms. The molecule has 0 aromatic heterocycles. The lowest BCUT2D eigenvalue weighted by Gasteiger charge is -1.88. The Hall–Kier alpha value is -1.90. The van der Waals surface area contributed by atoms with E-state index >= 15 is 0 Å². The summed E-state index contributed by atoms with van der Waals surface area (Å²) < 4.78 is 0. The van der Waals surface area contributed by atoms with Crippen molar-refractivity contribution in [3.05, 3.63) is 42.0 Å². The van der Waals surface area contributed by atoms with Gasteiger partial charge < -0.3 is 5.21 Å². The van der Waals surface area contributed by atoms with Crippen LogP contribution in [0, 0.1) is 0 Å². The van der Waals surface area contributed by atoms with Crippen molar-refractivity contribution in [2.45, 2.75) is 0 Å². The van der Waals surface area contributed by atoms with Gasteiger partial charge >= 0.3 is 0 Å². The first-order valence-corrected chi connectivity index (χ1v) is 3.77. The van der Waals surface area contributed by atoms with E-state index in [-0.39, 0.29) is 5.78 Å². The van der Waals surface area contributed by atoms with Gasteiger partial charge in [0.2, 0.25) is 0 Å². The molecule has 0 spiro atoms. The molecule has 0 aliphatic heterocycles. The molecule has 3 heteroatoms. The second-order valence-corrected chi connectivity index (χ2v) is 2.39. The maximum Gasteiger partial charge on any atom is 0.200 e. The number of nitrogens with zero attached hydrogens (tertiary/aromatic N) is 1. The third kappa shape index (κ3) is 3.33.